The Morgan fingerprint density at radius 2 is 2.05 bits per heavy atom. The lowest BCUT2D eigenvalue weighted by molar-refractivity contribution is 0.0949. The molecule has 0 atom stereocenters. The van der Waals surface area contributed by atoms with Gasteiger partial charge in [0.05, 0.1) is 23.5 Å². The van der Waals surface area contributed by atoms with E-state index in [1.807, 2.05) is 19.1 Å². The van der Waals surface area contributed by atoms with Crippen molar-refractivity contribution in [2.45, 2.75) is 19.9 Å². The van der Waals surface area contributed by atoms with E-state index in [9.17, 15) is 4.79 Å². The molecule has 1 amide bonds. The Labute approximate surface area is 111 Å². The van der Waals surface area contributed by atoms with Gasteiger partial charge in [-0.15, -0.1) is 0 Å². The van der Waals surface area contributed by atoms with Gasteiger partial charge in [0, 0.05) is 13.0 Å². The number of rotatable bonds is 4. The topological polar surface area (TPSA) is 66.0 Å². The van der Waals surface area contributed by atoms with Gasteiger partial charge in [-0.2, -0.15) is 5.26 Å². The van der Waals surface area contributed by atoms with Gasteiger partial charge in [0.1, 0.15) is 5.76 Å². The lowest BCUT2D eigenvalue weighted by Gasteiger charge is -2.05. The van der Waals surface area contributed by atoms with E-state index in [4.69, 9.17) is 9.68 Å². The number of aryl methyl sites for hydroxylation is 1. The van der Waals surface area contributed by atoms with Gasteiger partial charge in [-0.3, -0.25) is 4.79 Å². The third-order valence-electron chi connectivity index (χ3n) is 2.85. The number of hydrogen-bond donors (Lipinski definition) is 1. The van der Waals surface area contributed by atoms with Crippen LogP contribution in [-0.2, 0) is 13.0 Å². The van der Waals surface area contributed by atoms with Gasteiger partial charge >= 0.3 is 0 Å². The minimum atomic E-state index is -0.144. The molecule has 0 aliphatic carbocycles. The third-order valence-corrected chi connectivity index (χ3v) is 2.85. The number of carbonyl (C=O) groups is 1. The predicted molar refractivity (Wildman–Crippen MR) is 70.4 cm³/mol. The van der Waals surface area contributed by atoms with Crippen LogP contribution in [0.2, 0.25) is 0 Å². The molecule has 4 nitrogen and oxygen atoms in total. The summed E-state index contributed by atoms with van der Waals surface area (Å²) in [6, 6.07) is 10.9. The van der Waals surface area contributed by atoms with E-state index in [-0.39, 0.29) is 5.91 Å². The van der Waals surface area contributed by atoms with E-state index in [1.54, 1.807) is 18.2 Å². The molecular weight excluding hydrogens is 240 g/mol. The van der Waals surface area contributed by atoms with Gasteiger partial charge in [0.2, 0.25) is 0 Å². The van der Waals surface area contributed by atoms with E-state index in [2.05, 4.69) is 11.4 Å². The highest BCUT2D eigenvalue weighted by Gasteiger charge is 2.12. The number of carbonyl (C=O) groups excluding carboxylic acids is 1. The normalized spacial score (nSPS) is 9.89. The number of furan rings is 1. The summed E-state index contributed by atoms with van der Waals surface area (Å²) >= 11 is 0. The fraction of sp³-hybridized carbons (Fsp3) is 0.200. The summed E-state index contributed by atoms with van der Waals surface area (Å²) in [6.45, 7) is 2.37. The van der Waals surface area contributed by atoms with Crippen molar-refractivity contribution in [1.82, 2.24) is 5.32 Å². The Balaban J connectivity index is 1.98. The van der Waals surface area contributed by atoms with Crippen LogP contribution in [0.25, 0.3) is 0 Å². The van der Waals surface area contributed by atoms with E-state index in [0.717, 1.165) is 5.56 Å². The number of nitrogens with zero attached hydrogens (tertiary/aromatic N) is 1. The maximum atomic E-state index is 12.0. The predicted octanol–water partition coefficient (Wildman–Crippen LogP) is 2.64. The van der Waals surface area contributed by atoms with E-state index in [1.165, 1.54) is 6.26 Å². The van der Waals surface area contributed by atoms with E-state index < -0.39 is 0 Å². The second-order valence-corrected chi connectivity index (χ2v) is 4.10. The van der Waals surface area contributed by atoms with Gasteiger partial charge < -0.3 is 9.73 Å². The summed E-state index contributed by atoms with van der Waals surface area (Å²) in [7, 11) is 0. The molecule has 0 fully saturated rings. The Morgan fingerprint density at radius 3 is 2.68 bits per heavy atom. The van der Waals surface area contributed by atoms with Crippen molar-refractivity contribution in [2.24, 2.45) is 0 Å². The highest BCUT2D eigenvalue weighted by atomic mass is 16.3. The molecule has 1 aromatic carbocycles. The number of nitrogens with one attached hydrogen (secondary N) is 1. The third kappa shape index (κ3) is 3.02. The van der Waals surface area contributed by atoms with Crippen LogP contribution in [-0.4, -0.2) is 5.91 Å². The SMILES string of the molecule is CCc1occc1C(=O)NCc1ccc(C#N)cc1. The van der Waals surface area contributed by atoms with Crippen molar-refractivity contribution in [1.29, 1.82) is 5.26 Å². The Hall–Kier alpha value is -2.54. The molecule has 1 aromatic heterocycles. The summed E-state index contributed by atoms with van der Waals surface area (Å²) < 4.78 is 5.22. The summed E-state index contributed by atoms with van der Waals surface area (Å²) in [5.74, 6) is 0.548. The highest BCUT2D eigenvalue weighted by molar-refractivity contribution is 5.95. The number of nitriles is 1. The first kappa shape index (κ1) is 12.9. The molecule has 0 bridgehead atoms. The smallest absolute Gasteiger partial charge is 0.255 e. The zero-order valence-corrected chi connectivity index (χ0v) is 10.6. The summed E-state index contributed by atoms with van der Waals surface area (Å²) in [5.41, 5.74) is 2.14. The zero-order chi connectivity index (χ0) is 13.7. The van der Waals surface area contributed by atoms with Crippen LogP contribution in [0, 0.1) is 11.3 Å². The molecule has 2 rings (SSSR count). The van der Waals surface area contributed by atoms with Crippen LogP contribution in [0.4, 0.5) is 0 Å². The van der Waals surface area contributed by atoms with Crippen LogP contribution in [0.5, 0.6) is 0 Å². The standard InChI is InChI=1S/C15H14N2O2/c1-2-14-13(7-8-19-14)15(18)17-10-12-5-3-11(9-16)4-6-12/h3-8H,2,10H2,1H3,(H,17,18). The molecule has 0 aliphatic heterocycles. The number of benzene rings is 1. The minimum Gasteiger partial charge on any atom is -0.469 e. The van der Waals surface area contributed by atoms with E-state index in [0.29, 0.717) is 29.9 Å². The first-order chi connectivity index (χ1) is 9.24. The Bertz CT molecular complexity index is 606. The van der Waals surface area contributed by atoms with Gasteiger partial charge in [-0.1, -0.05) is 19.1 Å². The molecule has 0 aliphatic rings. The molecule has 0 spiro atoms. The van der Waals surface area contributed by atoms with Crippen LogP contribution in [0.15, 0.2) is 41.0 Å². The lowest BCUT2D eigenvalue weighted by Crippen LogP contribution is -2.23. The molecule has 2 aromatic rings. The average Bonchev–Trinajstić information content (AvgIpc) is 2.93. The summed E-state index contributed by atoms with van der Waals surface area (Å²) in [4.78, 5) is 12.0. The molecule has 0 radical (unpaired) electrons. The fourth-order valence-corrected chi connectivity index (χ4v) is 1.79. The van der Waals surface area contributed by atoms with Crippen LogP contribution < -0.4 is 5.32 Å². The minimum absolute atomic E-state index is 0.144. The Morgan fingerprint density at radius 1 is 1.32 bits per heavy atom. The monoisotopic (exact) mass is 254 g/mol. The number of amides is 1. The summed E-state index contributed by atoms with van der Waals surface area (Å²) in [5, 5.41) is 11.5. The molecule has 96 valence electrons. The maximum Gasteiger partial charge on any atom is 0.255 e. The lowest BCUT2D eigenvalue weighted by atomic mass is 10.1. The van der Waals surface area contributed by atoms with Gasteiger partial charge in [0.25, 0.3) is 5.91 Å². The van der Waals surface area contributed by atoms with Crippen molar-refractivity contribution in [3.63, 3.8) is 0 Å². The van der Waals surface area contributed by atoms with Crippen LogP contribution in [0.1, 0.15) is 34.2 Å². The maximum absolute atomic E-state index is 12.0. The molecule has 0 unspecified atom stereocenters. The van der Waals surface area contributed by atoms with Crippen LogP contribution in [0.3, 0.4) is 0 Å². The number of hydrogen-bond acceptors (Lipinski definition) is 3. The Kier molecular flexibility index (Phi) is 3.99. The molecule has 0 saturated carbocycles. The van der Waals surface area contributed by atoms with Crippen molar-refractivity contribution in [2.75, 3.05) is 0 Å². The van der Waals surface area contributed by atoms with E-state index >= 15 is 0 Å². The average molecular weight is 254 g/mol. The fourth-order valence-electron chi connectivity index (χ4n) is 1.79. The van der Waals surface area contributed by atoms with Crippen molar-refractivity contribution in [3.05, 3.63) is 59.0 Å². The second kappa shape index (κ2) is 5.87. The van der Waals surface area contributed by atoms with Gasteiger partial charge in [-0.25, -0.2) is 0 Å². The highest BCUT2D eigenvalue weighted by Crippen LogP contribution is 2.11. The molecule has 1 heterocycles. The quantitative estimate of drug-likeness (QED) is 0.912. The van der Waals surface area contributed by atoms with Gasteiger partial charge in [-0.05, 0) is 23.8 Å². The van der Waals surface area contributed by atoms with Crippen LogP contribution >= 0.6 is 0 Å². The van der Waals surface area contributed by atoms with Crippen molar-refractivity contribution < 1.29 is 9.21 Å². The van der Waals surface area contributed by atoms with Gasteiger partial charge in [0.15, 0.2) is 0 Å². The molecule has 0 saturated heterocycles. The van der Waals surface area contributed by atoms with Crippen molar-refractivity contribution in [3.8, 4) is 6.07 Å². The molecule has 4 heteroatoms. The molecular formula is C15H14N2O2. The molecule has 19 heavy (non-hydrogen) atoms. The largest absolute Gasteiger partial charge is 0.469 e. The molecule has 1 N–H and O–H groups in total. The van der Waals surface area contributed by atoms with Crippen molar-refractivity contribution >= 4 is 5.91 Å². The first-order valence-corrected chi connectivity index (χ1v) is 6.08. The summed E-state index contributed by atoms with van der Waals surface area (Å²) in [6.07, 6.45) is 2.21. The zero-order valence-electron chi connectivity index (χ0n) is 10.6. The second-order valence-electron chi connectivity index (χ2n) is 4.10. The first-order valence-electron chi connectivity index (χ1n) is 6.08.